The molecular formula is C27H31F3O5S. The molecule has 3 rings (SSSR count). The summed E-state index contributed by atoms with van der Waals surface area (Å²) in [6.07, 6.45) is 4.47. The Hall–Kier alpha value is -3.04. The van der Waals surface area contributed by atoms with E-state index in [9.17, 15) is 13.2 Å². The summed E-state index contributed by atoms with van der Waals surface area (Å²) in [4.78, 5) is 0. The van der Waals surface area contributed by atoms with Crippen molar-refractivity contribution in [3.05, 3.63) is 72.8 Å². The first kappa shape index (κ1) is 29.2. The van der Waals surface area contributed by atoms with E-state index in [1.54, 1.807) is 0 Å². The highest BCUT2D eigenvalue weighted by Gasteiger charge is 2.44. The summed E-state index contributed by atoms with van der Waals surface area (Å²) in [5.74, 6) is 1.87. The summed E-state index contributed by atoms with van der Waals surface area (Å²) in [6, 6.07) is 25.3. The average Bonchev–Trinajstić information content (AvgIpc) is 2.84. The van der Waals surface area contributed by atoms with Crippen molar-refractivity contribution < 1.29 is 35.6 Å². The lowest BCUT2D eigenvalue weighted by atomic mass is 9.94. The summed E-state index contributed by atoms with van der Waals surface area (Å²) >= 11 is 0. The first-order valence-electron chi connectivity index (χ1n) is 11.7. The van der Waals surface area contributed by atoms with E-state index in [0.717, 1.165) is 50.4 Å². The van der Waals surface area contributed by atoms with Crippen molar-refractivity contribution in [3.63, 3.8) is 0 Å². The molecule has 0 unspecified atom stereocenters. The predicted molar refractivity (Wildman–Crippen MR) is 136 cm³/mol. The molecule has 196 valence electrons. The maximum atomic E-state index is 10.7. The van der Waals surface area contributed by atoms with Crippen molar-refractivity contribution in [1.29, 1.82) is 0 Å². The number of ether oxygens (including phenoxy) is 2. The summed E-state index contributed by atoms with van der Waals surface area (Å²) in [6.45, 7) is 5.90. The third-order valence-corrected chi connectivity index (χ3v) is 5.67. The quantitative estimate of drug-likeness (QED) is 0.167. The van der Waals surface area contributed by atoms with Crippen LogP contribution < -0.4 is 9.47 Å². The van der Waals surface area contributed by atoms with Gasteiger partial charge in [-0.05, 0) is 59.4 Å². The van der Waals surface area contributed by atoms with Crippen LogP contribution in [0.4, 0.5) is 13.2 Å². The fraction of sp³-hybridized carbons (Fsp3) is 0.333. The van der Waals surface area contributed by atoms with Gasteiger partial charge in [-0.25, -0.2) is 0 Å². The molecule has 0 radical (unpaired) electrons. The van der Waals surface area contributed by atoms with Gasteiger partial charge >= 0.3 is 15.6 Å². The van der Waals surface area contributed by atoms with Crippen LogP contribution in [0, 0.1) is 0 Å². The topological polar surface area (TPSA) is 72.8 Å². The molecule has 0 aliphatic heterocycles. The van der Waals surface area contributed by atoms with E-state index in [-0.39, 0.29) is 0 Å². The van der Waals surface area contributed by atoms with Gasteiger partial charge in [-0.2, -0.15) is 21.6 Å². The van der Waals surface area contributed by atoms with Gasteiger partial charge in [0.05, 0.1) is 13.2 Å². The number of hydrogen-bond donors (Lipinski definition) is 1. The van der Waals surface area contributed by atoms with E-state index < -0.39 is 15.6 Å². The zero-order valence-electron chi connectivity index (χ0n) is 20.3. The maximum absolute atomic E-state index is 10.7. The monoisotopic (exact) mass is 524 g/mol. The van der Waals surface area contributed by atoms with Crippen molar-refractivity contribution in [2.24, 2.45) is 0 Å². The van der Waals surface area contributed by atoms with Crippen LogP contribution in [0.3, 0.4) is 0 Å². The largest absolute Gasteiger partial charge is 0.522 e. The van der Waals surface area contributed by atoms with Crippen molar-refractivity contribution in [3.8, 4) is 33.8 Å². The molecule has 0 spiro atoms. The fourth-order valence-corrected chi connectivity index (χ4v) is 3.12. The Labute approximate surface area is 210 Å². The van der Waals surface area contributed by atoms with Gasteiger partial charge in [0.15, 0.2) is 0 Å². The van der Waals surface area contributed by atoms with E-state index in [1.807, 2.05) is 0 Å². The Balaban J connectivity index is 0.000000493. The molecule has 5 nitrogen and oxygen atoms in total. The predicted octanol–water partition coefficient (Wildman–Crippen LogP) is 7.77. The van der Waals surface area contributed by atoms with Gasteiger partial charge in [0, 0.05) is 0 Å². The minimum atomic E-state index is -5.84. The minimum absolute atomic E-state index is 0.777. The van der Waals surface area contributed by atoms with Crippen LogP contribution in [-0.2, 0) is 10.1 Å². The Morgan fingerprint density at radius 2 is 1.03 bits per heavy atom. The molecule has 36 heavy (non-hydrogen) atoms. The van der Waals surface area contributed by atoms with Crippen LogP contribution in [0.5, 0.6) is 11.5 Å². The highest BCUT2D eigenvalue weighted by Crippen LogP contribution is 2.33. The van der Waals surface area contributed by atoms with Gasteiger partial charge in [0.2, 0.25) is 0 Å². The van der Waals surface area contributed by atoms with Crippen LogP contribution >= 0.6 is 0 Å². The van der Waals surface area contributed by atoms with Gasteiger partial charge in [0.25, 0.3) is 0 Å². The normalized spacial score (nSPS) is 11.4. The van der Waals surface area contributed by atoms with Gasteiger partial charge in [0.1, 0.15) is 11.5 Å². The summed E-state index contributed by atoms with van der Waals surface area (Å²) in [7, 11) is -5.84. The maximum Gasteiger partial charge on any atom is 0.522 e. The molecule has 3 aromatic carbocycles. The second kappa shape index (κ2) is 13.9. The third-order valence-electron chi connectivity index (χ3n) is 5.08. The number of benzene rings is 3. The number of hydrogen-bond acceptors (Lipinski definition) is 4. The van der Waals surface area contributed by atoms with E-state index in [4.69, 9.17) is 22.4 Å². The lowest BCUT2D eigenvalue weighted by Gasteiger charge is -2.12. The van der Waals surface area contributed by atoms with Crippen LogP contribution in [-0.4, -0.2) is 31.7 Å². The van der Waals surface area contributed by atoms with Crippen molar-refractivity contribution in [1.82, 2.24) is 0 Å². The summed E-state index contributed by atoms with van der Waals surface area (Å²) < 4.78 is 69.1. The SMILES string of the molecule is CCCCOc1ccc(-c2ccccc2-c2ccc(OCCCC)cc2)cc1.O=S(=O)(O)C(F)(F)F. The lowest BCUT2D eigenvalue weighted by molar-refractivity contribution is -0.0510. The Bertz CT molecular complexity index is 1090. The van der Waals surface area contributed by atoms with Gasteiger partial charge in [-0.1, -0.05) is 75.2 Å². The molecule has 0 amide bonds. The van der Waals surface area contributed by atoms with Crippen LogP contribution in [0.1, 0.15) is 39.5 Å². The molecule has 0 heterocycles. The second-order valence-corrected chi connectivity index (χ2v) is 9.33. The van der Waals surface area contributed by atoms with Gasteiger partial charge in [-0.3, -0.25) is 4.55 Å². The molecule has 9 heteroatoms. The van der Waals surface area contributed by atoms with Crippen molar-refractivity contribution in [2.75, 3.05) is 13.2 Å². The van der Waals surface area contributed by atoms with E-state index >= 15 is 0 Å². The molecule has 0 saturated heterocycles. The van der Waals surface area contributed by atoms with Crippen molar-refractivity contribution >= 4 is 10.1 Å². The number of alkyl halides is 3. The average molecular weight is 525 g/mol. The number of halogens is 3. The Morgan fingerprint density at radius 3 is 1.31 bits per heavy atom. The number of rotatable bonds is 10. The molecule has 0 aromatic heterocycles. The fourth-order valence-electron chi connectivity index (χ4n) is 3.12. The second-order valence-electron chi connectivity index (χ2n) is 7.92. The van der Waals surface area contributed by atoms with Gasteiger partial charge in [-0.15, -0.1) is 0 Å². The summed E-state index contributed by atoms with van der Waals surface area (Å²) in [5, 5.41) is 0. The molecule has 3 aromatic rings. The molecule has 0 aliphatic carbocycles. The van der Waals surface area contributed by atoms with E-state index in [1.165, 1.54) is 22.3 Å². The first-order chi connectivity index (χ1) is 17.1. The smallest absolute Gasteiger partial charge is 0.494 e. The van der Waals surface area contributed by atoms with E-state index in [0.29, 0.717) is 0 Å². The molecule has 0 saturated carbocycles. The zero-order chi connectivity index (χ0) is 26.6. The van der Waals surface area contributed by atoms with Crippen LogP contribution in [0.2, 0.25) is 0 Å². The first-order valence-corrected chi connectivity index (χ1v) is 13.1. The Kier molecular flexibility index (Phi) is 11.3. The molecule has 0 aliphatic rings. The standard InChI is InChI=1S/C26H30O2.CHF3O3S/c1-3-5-19-27-23-15-11-21(12-16-23)25-9-7-8-10-26(25)22-13-17-24(18-14-22)28-20-6-4-2;2-1(3,4)8(5,6)7/h7-18H,3-6,19-20H2,1-2H3;(H,5,6,7). The van der Waals surface area contributed by atoms with Crippen LogP contribution in [0.15, 0.2) is 72.8 Å². The Morgan fingerprint density at radius 1 is 0.694 bits per heavy atom. The number of unbranched alkanes of at least 4 members (excludes halogenated alkanes) is 2. The summed E-state index contributed by atoms with van der Waals surface area (Å²) in [5.41, 5.74) is -0.694. The minimum Gasteiger partial charge on any atom is -0.494 e. The zero-order valence-corrected chi connectivity index (χ0v) is 21.1. The molecule has 0 bridgehead atoms. The third kappa shape index (κ3) is 9.20. The highest BCUT2D eigenvalue weighted by molar-refractivity contribution is 7.86. The van der Waals surface area contributed by atoms with Crippen molar-refractivity contribution in [2.45, 2.75) is 45.0 Å². The van der Waals surface area contributed by atoms with E-state index in [2.05, 4.69) is 86.6 Å². The van der Waals surface area contributed by atoms with Gasteiger partial charge < -0.3 is 9.47 Å². The molecule has 0 fully saturated rings. The highest BCUT2D eigenvalue weighted by atomic mass is 32.2. The molecule has 0 atom stereocenters. The molecular weight excluding hydrogens is 493 g/mol. The van der Waals surface area contributed by atoms with Crippen LogP contribution in [0.25, 0.3) is 22.3 Å². The lowest BCUT2D eigenvalue weighted by Crippen LogP contribution is -2.21. The molecule has 1 N–H and O–H groups in total.